The predicted octanol–water partition coefficient (Wildman–Crippen LogP) is 3.41. The van der Waals surface area contributed by atoms with Crippen LogP contribution < -0.4 is 5.73 Å². The Morgan fingerprint density at radius 3 is 2.26 bits per heavy atom. The van der Waals surface area contributed by atoms with Crippen LogP contribution in [0.25, 0.3) is 11.3 Å². The quantitative estimate of drug-likeness (QED) is 0.676. The number of methoxy groups -OCH3 is 1. The van der Waals surface area contributed by atoms with E-state index in [0.29, 0.717) is 6.07 Å². The van der Waals surface area contributed by atoms with Crippen molar-refractivity contribution >= 4 is 11.7 Å². The van der Waals surface area contributed by atoms with Crippen molar-refractivity contribution in [3.8, 4) is 11.3 Å². The lowest BCUT2D eigenvalue weighted by atomic mass is 10.0. The Kier molecular flexibility index (Phi) is 4.22. The molecule has 4 nitrogen and oxygen atoms in total. The van der Waals surface area contributed by atoms with Crippen molar-refractivity contribution in [2.75, 3.05) is 12.8 Å². The highest BCUT2D eigenvalue weighted by Gasteiger charge is 2.37. The third-order valence-corrected chi connectivity index (χ3v) is 2.94. The Bertz CT molecular complexity index is 754. The molecule has 9 heteroatoms. The van der Waals surface area contributed by atoms with E-state index < -0.39 is 52.0 Å². The number of hydrogen-bond donors (Lipinski definition) is 1. The van der Waals surface area contributed by atoms with Crippen LogP contribution >= 0.6 is 0 Å². The Morgan fingerprint density at radius 2 is 1.78 bits per heavy atom. The van der Waals surface area contributed by atoms with Gasteiger partial charge in [-0.1, -0.05) is 6.07 Å². The normalized spacial score (nSPS) is 11.4. The molecule has 0 saturated carbocycles. The summed E-state index contributed by atoms with van der Waals surface area (Å²) in [4.78, 5) is 14.9. The number of rotatable bonds is 2. The van der Waals surface area contributed by atoms with Gasteiger partial charge >= 0.3 is 12.1 Å². The maximum atomic E-state index is 13.8. The van der Waals surface area contributed by atoms with E-state index in [4.69, 9.17) is 5.73 Å². The van der Waals surface area contributed by atoms with Crippen LogP contribution in [0.1, 0.15) is 16.1 Å². The smallest absolute Gasteiger partial charge is 0.418 e. The molecule has 0 aliphatic rings. The van der Waals surface area contributed by atoms with Crippen LogP contribution in [0.4, 0.5) is 27.6 Å². The number of nitrogens with two attached hydrogens (primary N) is 1. The van der Waals surface area contributed by atoms with Crippen molar-refractivity contribution < 1.29 is 31.5 Å². The number of alkyl halides is 3. The first-order chi connectivity index (χ1) is 10.7. The first-order valence-corrected chi connectivity index (χ1v) is 6.07. The molecular formula is C14H9F5N2O2. The largest absolute Gasteiger partial charge is 0.464 e. The zero-order valence-electron chi connectivity index (χ0n) is 11.5. The fourth-order valence-electron chi connectivity index (χ4n) is 1.92. The number of pyridine rings is 1. The minimum absolute atomic E-state index is 0.389. The van der Waals surface area contributed by atoms with Crippen LogP contribution in [-0.4, -0.2) is 18.1 Å². The third-order valence-electron chi connectivity index (χ3n) is 2.94. The van der Waals surface area contributed by atoms with Crippen LogP contribution in [0.5, 0.6) is 0 Å². The second-order valence-electron chi connectivity index (χ2n) is 4.41. The van der Waals surface area contributed by atoms with Crippen LogP contribution in [0.3, 0.4) is 0 Å². The van der Waals surface area contributed by atoms with Crippen molar-refractivity contribution in [1.29, 1.82) is 0 Å². The number of hydrogen-bond acceptors (Lipinski definition) is 4. The minimum Gasteiger partial charge on any atom is -0.464 e. The Labute approximate surface area is 126 Å². The molecule has 0 spiro atoms. The summed E-state index contributed by atoms with van der Waals surface area (Å²) in [5.74, 6) is -3.65. The fraction of sp³-hybridized carbons (Fsp3) is 0.143. The second kappa shape index (κ2) is 5.82. The first kappa shape index (κ1) is 16.7. The molecule has 0 atom stereocenters. The van der Waals surface area contributed by atoms with Gasteiger partial charge in [0.05, 0.1) is 29.6 Å². The number of anilines is 1. The third kappa shape index (κ3) is 3.08. The van der Waals surface area contributed by atoms with Crippen molar-refractivity contribution in [3.63, 3.8) is 0 Å². The van der Waals surface area contributed by atoms with E-state index in [1.54, 1.807) is 0 Å². The summed E-state index contributed by atoms with van der Waals surface area (Å²) in [5.41, 5.74) is 0.522. The number of carbonyl (C=O) groups is 1. The zero-order chi connectivity index (χ0) is 17.4. The van der Waals surface area contributed by atoms with Crippen LogP contribution in [0, 0.1) is 11.6 Å². The number of aromatic nitrogens is 1. The van der Waals surface area contributed by atoms with E-state index in [1.807, 2.05) is 0 Å². The molecule has 1 aromatic carbocycles. The van der Waals surface area contributed by atoms with Crippen molar-refractivity contribution in [2.45, 2.75) is 6.18 Å². The SMILES string of the molecule is COC(=O)c1nc(-c2c(F)cccc2F)c(C(F)(F)F)cc1N. The Hall–Kier alpha value is -2.71. The number of nitrogens with zero attached hydrogens (tertiary/aromatic N) is 1. The van der Waals surface area contributed by atoms with Crippen molar-refractivity contribution in [3.05, 3.63) is 47.2 Å². The summed E-state index contributed by atoms with van der Waals surface area (Å²) in [6.45, 7) is 0. The molecule has 23 heavy (non-hydrogen) atoms. The van der Waals surface area contributed by atoms with E-state index in [-0.39, 0.29) is 0 Å². The standard InChI is InChI=1S/C14H9F5N2O2/c1-23-13(22)12-9(20)5-6(14(17,18)19)11(21-12)10-7(15)3-2-4-8(10)16/h2-5H,20H2,1H3. The fourth-order valence-corrected chi connectivity index (χ4v) is 1.92. The summed E-state index contributed by atoms with van der Waals surface area (Å²) >= 11 is 0. The van der Waals surface area contributed by atoms with Gasteiger partial charge in [0.1, 0.15) is 11.6 Å². The molecule has 0 aliphatic carbocycles. The van der Waals surface area contributed by atoms with Gasteiger partial charge in [-0.15, -0.1) is 0 Å². The van der Waals surface area contributed by atoms with Gasteiger partial charge in [-0.05, 0) is 18.2 Å². The Balaban J connectivity index is 2.86. The van der Waals surface area contributed by atoms with Gasteiger partial charge in [0.25, 0.3) is 0 Å². The lowest BCUT2D eigenvalue weighted by Crippen LogP contribution is -2.16. The lowest BCUT2D eigenvalue weighted by molar-refractivity contribution is -0.137. The topological polar surface area (TPSA) is 65.2 Å². The van der Waals surface area contributed by atoms with E-state index >= 15 is 0 Å². The molecular weight excluding hydrogens is 323 g/mol. The van der Waals surface area contributed by atoms with E-state index in [0.717, 1.165) is 25.3 Å². The molecule has 0 radical (unpaired) electrons. The van der Waals surface area contributed by atoms with Crippen molar-refractivity contribution in [2.24, 2.45) is 0 Å². The molecule has 2 aromatic rings. The highest BCUT2D eigenvalue weighted by Crippen LogP contribution is 2.39. The Morgan fingerprint density at radius 1 is 1.22 bits per heavy atom. The molecule has 1 aromatic heterocycles. The molecule has 0 amide bonds. The molecule has 0 aliphatic heterocycles. The summed E-state index contributed by atoms with van der Waals surface area (Å²) in [5, 5.41) is 0. The molecule has 0 bridgehead atoms. The van der Waals surface area contributed by atoms with E-state index in [9.17, 15) is 26.7 Å². The molecule has 2 N–H and O–H groups in total. The molecule has 0 saturated heterocycles. The van der Waals surface area contributed by atoms with Gasteiger partial charge < -0.3 is 10.5 Å². The van der Waals surface area contributed by atoms with Gasteiger partial charge in [0.2, 0.25) is 0 Å². The molecule has 122 valence electrons. The van der Waals surface area contributed by atoms with Gasteiger partial charge in [0, 0.05) is 0 Å². The summed E-state index contributed by atoms with van der Waals surface area (Å²) in [7, 11) is 0.963. The number of carbonyl (C=O) groups excluding carboxylic acids is 1. The monoisotopic (exact) mass is 332 g/mol. The van der Waals surface area contributed by atoms with Crippen LogP contribution in [0.2, 0.25) is 0 Å². The zero-order valence-corrected chi connectivity index (χ0v) is 11.5. The number of ether oxygens (including phenoxy) is 1. The summed E-state index contributed by atoms with van der Waals surface area (Å²) in [6, 6.07) is 2.92. The summed E-state index contributed by atoms with van der Waals surface area (Å²) < 4.78 is 71.4. The maximum Gasteiger partial charge on any atom is 0.418 e. The van der Waals surface area contributed by atoms with E-state index in [1.165, 1.54) is 0 Å². The summed E-state index contributed by atoms with van der Waals surface area (Å²) in [6.07, 6.45) is -4.99. The predicted molar refractivity (Wildman–Crippen MR) is 70.3 cm³/mol. The minimum atomic E-state index is -4.99. The highest BCUT2D eigenvalue weighted by atomic mass is 19.4. The number of benzene rings is 1. The maximum absolute atomic E-state index is 13.8. The number of halogens is 5. The van der Waals surface area contributed by atoms with Gasteiger partial charge in [-0.3, -0.25) is 0 Å². The number of esters is 1. The van der Waals surface area contributed by atoms with Crippen LogP contribution in [0.15, 0.2) is 24.3 Å². The van der Waals surface area contributed by atoms with Gasteiger partial charge in [-0.2, -0.15) is 13.2 Å². The van der Waals surface area contributed by atoms with Crippen LogP contribution in [-0.2, 0) is 10.9 Å². The average molecular weight is 332 g/mol. The van der Waals surface area contributed by atoms with Gasteiger partial charge in [-0.25, -0.2) is 18.6 Å². The molecule has 1 heterocycles. The molecule has 2 rings (SSSR count). The van der Waals surface area contributed by atoms with Crippen molar-refractivity contribution in [1.82, 2.24) is 4.98 Å². The second-order valence-corrected chi connectivity index (χ2v) is 4.41. The molecule has 0 fully saturated rings. The highest BCUT2D eigenvalue weighted by molar-refractivity contribution is 5.94. The molecule has 0 unspecified atom stereocenters. The van der Waals surface area contributed by atoms with Gasteiger partial charge in [0.15, 0.2) is 5.69 Å². The first-order valence-electron chi connectivity index (χ1n) is 6.07. The number of nitrogen functional groups attached to an aromatic ring is 1. The van der Waals surface area contributed by atoms with E-state index in [2.05, 4.69) is 9.72 Å². The average Bonchev–Trinajstić information content (AvgIpc) is 2.46. The lowest BCUT2D eigenvalue weighted by Gasteiger charge is -2.15.